The molecule has 1 saturated heterocycles. The summed E-state index contributed by atoms with van der Waals surface area (Å²) in [4.78, 5) is 2.70. The minimum atomic E-state index is 0.778. The fraction of sp³-hybridized carbons (Fsp3) is 1.00. The average molecular weight is 240 g/mol. The second-order valence-corrected chi connectivity index (χ2v) is 6.04. The van der Waals surface area contributed by atoms with Gasteiger partial charge in [0.2, 0.25) is 0 Å². The molecule has 1 fully saturated rings. The van der Waals surface area contributed by atoms with Crippen LogP contribution in [0.3, 0.4) is 0 Å². The number of rotatable bonds is 7. The third kappa shape index (κ3) is 7.05. The minimum Gasteiger partial charge on any atom is -0.316 e. The van der Waals surface area contributed by atoms with E-state index in [1.165, 1.54) is 64.7 Å². The van der Waals surface area contributed by atoms with Crippen LogP contribution in [0.15, 0.2) is 0 Å². The zero-order valence-corrected chi connectivity index (χ0v) is 12.2. The monoisotopic (exact) mass is 240 g/mol. The third-order valence-electron chi connectivity index (χ3n) is 3.79. The van der Waals surface area contributed by atoms with Gasteiger partial charge in [0.05, 0.1) is 0 Å². The summed E-state index contributed by atoms with van der Waals surface area (Å²) in [6.45, 7) is 12.0. The lowest BCUT2D eigenvalue weighted by Gasteiger charge is -2.26. The Morgan fingerprint density at radius 2 is 2.00 bits per heavy atom. The Morgan fingerprint density at radius 3 is 2.76 bits per heavy atom. The van der Waals surface area contributed by atoms with Crippen LogP contribution in [-0.4, -0.2) is 37.1 Å². The van der Waals surface area contributed by atoms with Gasteiger partial charge in [0.1, 0.15) is 0 Å². The quantitative estimate of drug-likeness (QED) is 0.687. The van der Waals surface area contributed by atoms with E-state index in [0.717, 1.165) is 12.0 Å². The molecule has 0 amide bonds. The van der Waals surface area contributed by atoms with Crippen LogP contribution < -0.4 is 5.32 Å². The van der Waals surface area contributed by atoms with Crippen LogP contribution in [-0.2, 0) is 0 Å². The molecule has 0 saturated carbocycles. The molecule has 0 bridgehead atoms. The first kappa shape index (κ1) is 15.0. The highest BCUT2D eigenvalue weighted by molar-refractivity contribution is 4.71. The highest BCUT2D eigenvalue weighted by Crippen LogP contribution is 2.16. The molecule has 1 aliphatic heterocycles. The molecule has 17 heavy (non-hydrogen) atoms. The predicted octanol–water partition coefficient (Wildman–Crippen LogP) is 3.28. The standard InChI is InChI=1S/C15H32N2/c1-14(2)13-16-10-6-8-12-17-11-7-4-5-9-15(17)3/h14-16H,4-13H2,1-3H3. The number of nitrogens with one attached hydrogen (secondary N) is 1. The lowest BCUT2D eigenvalue weighted by Crippen LogP contribution is -2.33. The highest BCUT2D eigenvalue weighted by Gasteiger charge is 2.15. The van der Waals surface area contributed by atoms with Gasteiger partial charge in [0.15, 0.2) is 0 Å². The maximum atomic E-state index is 3.53. The van der Waals surface area contributed by atoms with E-state index in [4.69, 9.17) is 0 Å². The van der Waals surface area contributed by atoms with Gasteiger partial charge in [-0.3, -0.25) is 0 Å². The minimum absolute atomic E-state index is 0.778. The van der Waals surface area contributed by atoms with Crippen molar-refractivity contribution >= 4 is 0 Å². The van der Waals surface area contributed by atoms with E-state index < -0.39 is 0 Å². The van der Waals surface area contributed by atoms with Crippen molar-refractivity contribution in [1.82, 2.24) is 10.2 Å². The maximum absolute atomic E-state index is 3.53. The molecule has 102 valence electrons. The molecule has 0 aromatic carbocycles. The SMILES string of the molecule is CC(C)CNCCCCN1CCCCCC1C. The summed E-state index contributed by atoms with van der Waals surface area (Å²) >= 11 is 0. The van der Waals surface area contributed by atoms with Crippen LogP contribution in [0.5, 0.6) is 0 Å². The zero-order chi connectivity index (χ0) is 12.5. The molecule has 2 nitrogen and oxygen atoms in total. The van der Waals surface area contributed by atoms with Gasteiger partial charge < -0.3 is 10.2 Å². The van der Waals surface area contributed by atoms with Crippen LogP contribution in [0, 0.1) is 5.92 Å². The smallest absolute Gasteiger partial charge is 0.00669 e. The normalized spacial score (nSPS) is 22.9. The van der Waals surface area contributed by atoms with Crippen molar-refractivity contribution in [3.63, 3.8) is 0 Å². The molecule has 0 aliphatic carbocycles. The molecule has 1 aliphatic rings. The van der Waals surface area contributed by atoms with Crippen molar-refractivity contribution in [2.24, 2.45) is 5.92 Å². The molecule has 0 spiro atoms. The van der Waals surface area contributed by atoms with E-state index >= 15 is 0 Å². The lowest BCUT2D eigenvalue weighted by atomic mass is 10.1. The van der Waals surface area contributed by atoms with E-state index in [1.54, 1.807) is 0 Å². The number of hydrogen-bond donors (Lipinski definition) is 1. The van der Waals surface area contributed by atoms with E-state index in [-0.39, 0.29) is 0 Å². The van der Waals surface area contributed by atoms with Gasteiger partial charge in [0, 0.05) is 6.04 Å². The Bertz CT molecular complexity index is 180. The van der Waals surface area contributed by atoms with Gasteiger partial charge in [0.25, 0.3) is 0 Å². The van der Waals surface area contributed by atoms with Gasteiger partial charge in [-0.2, -0.15) is 0 Å². The van der Waals surface area contributed by atoms with E-state index in [0.29, 0.717) is 0 Å². The van der Waals surface area contributed by atoms with Crippen LogP contribution in [0.2, 0.25) is 0 Å². The fourth-order valence-electron chi connectivity index (χ4n) is 2.62. The molecule has 0 radical (unpaired) electrons. The average Bonchev–Trinajstić information content (AvgIpc) is 2.48. The molecule has 1 unspecified atom stereocenters. The zero-order valence-electron chi connectivity index (χ0n) is 12.2. The van der Waals surface area contributed by atoms with Crippen molar-refractivity contribution in [3.05, 3.63) is 0 Å². The summed E-state index contributed by atoms with van der Waals surface area (Å²) < 4.78 is 0. The summed E-state index contributed by atoms with van der Waals surface area (Å²) in [5.41, 5.74) is 0. The lowest BCUT2D eigenvalue weighted by molar-refractivity contribution is 0.209. The molecule has 0 aromatic rings. The molecule has 1 N–H and O–H groups in total. The topological polar surface area (TPSA) is 15.3 Å². The Labute approximate surface area is 108 Å². The number of unbranched alkanes of at least 4 members (excludes halogenated alkanes) is 1. The second-order valence-electron chi connectivity index (χ2n) is 6.04. The number of likely N-dealkylation sites (tertiary alicyclic amines) is 1. The number of hydrogen-bond acceptors (Lipinski definition) is 2. The van der Waals surface area contributed by atoms with E-state index in [1.807, 2.05) is 0 Å². The first-order chi connectivity index (χ1) is 8.20. The fourth-order valence-corrected chi connectivity index (χ4v) is 2.62. The van der Waals surface area contributed by atoms with Crippen LogP contribution in [0.25, 0.3) is 0 Å². The van der Waals surface area contributed by atoms with Crippen molar-refractivity contribution in [2.45, 2.75) is 65.3 Å². The summed E-state index contributed by atoms with van der Waals surface area (Å²) in [5.74, 6) is 0.778. The predicted molar refractivity (Wildman–Crippen MR) is 76.4 cm³/mol. The van der Waals surface area contributed by atoms with Crippen LogP contribution in [0.1, 0.15) is 59.3 Å². The summed E-state index contributed by atoms with van der Waals surface area (Å²) in [5, 5.41) is 3.53. The molecule has 1 atom stereocenters. The molecule has 0 aromatic heterocycles. The van der Waals surface area contributed by atoms with Gasteiger partial charge in [-0.05, 0) is 64.7 Å². The Morgan fingerprint density at radius 1 is 1.18 bits per heavy atom. The van der Waals surface area contributed by atoms with Crippen molar-refractivity contribution in [1.29, 1.82) is 0 Å². The van der Waals surface area contributed by atoms with Gasteiger partial charge in [-0.15, -0.1) is 0 Å². The van der Waals surface area contributed by atoms with Crippen molar-refractivity contribution in [2.75, 3.05) is 26.2 Å². The van der Waals surface area contributed by atoms with Crippen molar-refractivity contribution in [3.8, 4) is 0 Å². The molecule has 1 heterocycles. The highest BCUT2D eigenvalue weighted by atomic mass is 15.1. The van der Waals surface area contributed by atoms with Crippen molar-refractivity contribution < 1.29 is 0 Å². The van der Waals surface area contributed by atoms with Crippen LogP contribution in [0.4, 0.5) is 0 Å². The summed E-state index contributed by atoms with van der Waals surface area (Å²) in [7, 11) is 0. The van der Waals surface area contributed by atoms with Gasteiger partial charge in [-0.1, -0.05) is 26.7 Å². The van der Waals surface area contributed by atoms with E-state index in [9.17, 15) is 0 Å². The third-order valence-corrected chi connectivity index (χ3v) is 3.79. The largest absolute Gasteiger partial charge is 0.316 e. The van der Waals surface area contributed by atoms with Gasteiger partial charge >= 0.3 is 0 Å². The second kappa shape index (κ2) is 8.93. The first-order valence-corrected chi connectivity index (χ1v) is 7.65. The molecule has 1 rings (SSSR count). The Kier molecular flexibility index (Phi) is 7.87. The Balaban J connectivity index is 2.00. The maximum Gasteiger partial charge on any atom is 0.00669 e. The van der Waals surface area contributed by atoms with Crippen LogP contribution >= 0.6 is 0 Å². The molecular weight excluding hydrogens is 208 g/mol. The van der Waals surface area contributed by atoms with Gasteiger partial charge in [-0.25, -0.2) is 0 Å². The Hall–Kier alpha value is -0.0800. The summed E-state index contributed by atoms with van der Waals surface area (Å²) in [6, 6.07) is 0.820. The molecule has 2 heteroatoms. The van der Waals surface area contributed by atoms with E-state index in [2.05, 4.69) is 31.0 Å². The summed E-state index contributed by atoms with van der Waals surface area (Å²) in [6.07, 6.45) is 8.39. The first-order valence-electron chi connectivity index (χ1n) is 7.65. The molecular formula is C15H32N2. The number of nitrogens with zero attached hydrogens (tertiary/aromatic N) is 1.